The zero-order valence-electron chi connectivity index (χ0n) is 12.7. The van der Waals surface area contributed by atoms with E-state index >= 15 is 0 Å². The van der Waals surface area contributed by atoms with Gasteiger partial charge in [0.2, 0.25) is 0 Å². The second-order valence-corrected chi connectivity index (χ2v) is 6.03. The molecule has 0 saturated heterocycles. The predicted molar refractivity (Wildman–Crippen MR) is 79.7 cm³/mol. The largest absolute Gasteiger partial charge is 0.465 e. The van der Waals surface area contributed by atoms with Crippen LogP contribution in [0.2, 0.25) is 0 Å². The molecular formula is C16H25NO3. The lowest BCUT2D eigenvalue weighted by Gasteiger charge is -2.41. The van der Waals surface area contributed by atoms with E-state index in [-0.39, 0.29) is 0 Å². The molecule has 0 aliphatic carbocycles. The number of hydrogen-bond donors (Lipinski definition) is 2. The maximum absolute atomic E-state index is 11.6. The van der Waals surface area contributed by atoms with Crippen LogP contribution >= 0.6 is 0 Å². The number of aliphatic hydroxyl groups excluding tert-OH is 1. The van der Waals surface area contributed by atoms with Gasteiger partial charge < -0.3 is 10.2 Å². The third kappa shape index (κ3) is 3.97. The van der Waals surface area contributed by atoms with Crippen LogP contribution in [-0.2, 0) is 0 Å². The second-order valence-electron chi connectivity index (χ2n) is 6.03. The van der Waals surface area contributed by atoms with Gasteiger partial charge in [0.05, 0.1) is 12.1 Å². The summed E-state index contributed by atoms with van der Waals surface area (Å²) in [5, 5.41) is 20.1. The monoisotopic (exact) mass is 279 g/mol. The van der Waals surface area contributed by atoms with Gasteiger partial charge in [0, 0.05) is 5.54 Å². The minimum atomic E-state index is -0.995. The molecule has 1 amide bonds. The molecule has 0 aliphatic rings. The van der Waals surface area contributed by atoms with Crippen LogP contribution in [0, 0.1) is 0 Å². The first-order valence-corrected chi connectivity index (χ1v) is 7.04. The number of carboxylic acid groups (broad SMARTS) is 1. The van der Waals surface area contributed by atoms with Crippen molar-refractivity contribution < 1.29 is 15.0 Å². The highest BCUT2D eigenvalue weighted by molar-refractivity contribution is 5.66. The van der Waals surface area contributed by atoms with Crippen LogP contribution in [-0.4, -0.2) is 32.8 Å². The molecule has 0 aliphatic heterocycles. The van der Waals surface area contributed by atoms with Crippen LogP contribution in [0.25, 0.3) is 0 Å². The highest BCUT2D eigenvalue weighted by atomic mass is 16.4. The number of amides is 1. The molecule has 4 nitrogen and oxygen atoms in total. The Kier molecular flexibility index (Phi) is 5.57. The van der Waals surface area contributed by atoms with Gasteiger partial charge in [-0.05, 0) is 32.8 Å². The van der Waals surface area contributed by atoms with Crippen molar-refractivity contribution in [1.29, 1.82) is 0 Å². The van der Waals surface area contributed by atoms with Crippen LogP contribution in [0.4, 0.5) is 4.79 Å². The number of rotatable bonds is 5. The van der Waals surface area contributed by atoms with E-state index in [9.17, 15) is 15.0 Å². The van der Waals surface area contributed by atoms with Crippen LogP contribution in [0.15, 0.2) is 30.3 Å². The molecule has 1 aromatic rings. The van der Waals surface area contributed by atoms with Crippen molar-refractivity contribution in [3.8, 4) is 0 Å². The molecule has 0 aromatic heterocycles. The van der Waals surface area contributed by atoms with Gasteiger partial charge in [0.1, 0.15) is 0 Å². The highest BCUT2D eigenvalue weighted by Crippen LogP contribution is 2.29. The predicted octanol–water partition coefficient (Wildman–Crippen LogP) is 3.67. The summed E-state index contributed by atoms with van der Waals surface area (Å²) >= 11 is 0. The van der Waals surface area contributed by atoms with Crippen molar-refractivity contribution >= 4 is 6.09 Å². The fourth-order valence-corrected chi connectivity index (χ4v) is 2.52. The Morgan fingerprint density at radius 2 is 1.80 bits per heavy atom. The van der Waals surface area contributed by atoms with Crippen LogP contribution < -0.4 is 0 Å². The molecule has 112 valence electrons. The maximum atomic E-state index is 11.6. The average molecular weight is 279 g/mol. The maximum Gasteiger partial charge on any atom is 0.408 e. The zero-order chi connectivity index (χ0) is 15.3. The summed E-state index contributed by atoms with van der Waals surface area (Å²) in [4.78, 5) is 13.0. The topological polar surface area (TPSA) is 60.8 Å². The number of hydrogen-bond acceptors (Lipinski definition) is 2. The first-order valence-electron chi connectivity index (χ1n) is 7.04. The standard InChI is InChI=1S/C16H25NO3/c1-5-9-13(17(15(19)20)16(2,3)4)14(18)12-10-7-6-8-11-12/h6-8,10-11,13-14,18H,5,9H2,1-4H3,(H,19,20)/t13-,14+/m0/s1. The van der Waals surface area contributed by atoms with E-state index in [1.807, 2.05) is 58.0 Å². The van der Waals surface area contributed by atoms with Gasteiger partial charge in [-0.3, -0.25) is 4.90 Å². The highest BCUT2D eigenvalue weighted by Gasteiger charge is 2.37. The lowest BCUT2D eigenvalue weighted by molar-refractivity contribution is 0.00250. The number of aliphatic hydroxyl groups is 1. The Bertz CT molecular complexity index is 425. The van der Waals surface area contributed by atoms with Crippen LogP contribution in [0.1, 0.15) is 52.2 Å². The number of nitrogens with zero attached hydrogens (tertiary/aromatic N) is 1. The summed E-state index contributed by atoms with van der Waals surface area (Å²) in [5.74, 6) is 0. The Balaban J connectivity index is 3.12. The van der Waals surface area contributed by atoms with Crippen molar-refractivity contribution in [2.75, 3.05) is 0 Å². The fourth-order valence-electron chi connectivity index (χ4n) is 2.52. The van der Waals surface area contributed by atoms with E-state index in [0.717, 1.165) is 12.0 Å². The Morgan fingerprint density at radius 3 is 2.20 bits per heavy atom. The minimum Gasteiger partial charge on any atom is -0.465 e. The quantitative estimate of drug-likeness (QED) is 0.864. The summed E-state index contributed by atoms with van der Waals surface area (Å²) in [6, 6.07) is 8.79. The summed E-state index contributed by atoms with van der Waals surface area (Å²) in [6.07, 6.45) is -0.369. The molecule has 2 atom stereocenters. The van der Waals surface area contributed by atoms with Crippen molar-refractivity contribution in [2.45, 2.75) is 58.2 Å². The summed E-state index contributed by atoms with van der Waals surface area (Å²) in [7, 11) is 0. The Hall–Kier alpha value is -1.55. The van der Waals surface area contributed by atoms with E-state index in [2.05, 4.69) is 0 Å². The normalized spacial score (nSPS) is 14.7. The minimum absolute atomic E-state index is 0.445. The lowest BCUT2D eigenvalue weighted by atomic mass is 9.93. The van der Waals surface area contributed by atoms with E-state index in [0.29, 0.717) is 6.42 Å². The molecule has 1 rings (SSSR count). The molecule has 0 spiro atoms. The molecule has 0 bridgehead atoms. The van der Waals surface area contributed by atoms with Gasteiger partial charge in [-0.1, -0.05) is 43.7 Å². The second kappa shape index (κ2) is 6.75. The van der Waals surface area contributed by atoms with E-state index in [1.165, 1.54) is 4.90 Å². The molecule has 0 saturated carbocycles. The Labute approximate surface area is 121 Å². The van der Waals surface area contributed by atoms with Gasteiger partial charge in [0.15, 0.2) is 0 Å². The average Bonchev–Trinajstić information content (AvgIpc) is 2.36. The number of carbonyl (C=O) groups is 1. The van der Waals surface area contributed by atoms with Crippen molar-refractivity contribution in [3.05, 3.63) is 35.9 Å². The third-order valence-corrected chi connectivity index (χ3v) is 3.35. The molecule has 20 heavy (non-hydrogen) atoms. The number of benzene rings is 1. The van der Waals surface area contributed by atoms with Crippen molar-refractivity contribution in [2.24, 2.45) is 0 Å². The molecule has 0 unspecified atom stereocenters. The molecule has 0 radical (unpaired) electrons. The van der Waals surface area contributed by atoms with Gasteiger partial charge in [-0.2, -0.15) is 0 Å². The van der Waals surface area contributed by atoms with E-state index in [4.69, 9.17) is 0 Å². The van der Waals surface area contributed by atoms with Crippen molar-refractivity contribution in [3.63, 3.8) is 0 Å². The van der Waals surface area contributed by atoms with Crippen molar-refractivity contribution in [1.82, 2.24) is 4.90 Å². The van der Waals surface area contributed by atoms with Gasteiger partial charge in [0.25, 0.3) is 0 Å². The first kappa shape index (κ1) is 16.5. The molecule has 1 aromatic carbocycles. The smallest absolute Gasteiger partial charge is 0.408 e. The molecule has 0 heterocycles. The first-order chi connectivity index (χ1) is 9.29. The van der Waals surface area contributed by atoms with Gasteiger partial charge >= 0.3 is 6.09 Å². The summed E-state index contributed by atoms with van der Waals surface area (Å²) in [6.45, 7) is 7.54. The molecule has 4 heteroatoms. The third-order valence-electron chi connectivity index (χ3n) is 3.35. The molecule has 0 fully saturated rings. The van der Waals surface area contributed by atoms with Gasteiger partial charge in [-0.15, -0.1) is 0 Å². The van der Waals surface area contributed by atoms with Crippen LogP contribution in [0.3, 0.4) is 0 Å². The molecular weight excluding hydrogens is 254 g/mol. The van der Waals surface area contributed by atoms with Gasteiger partial charge in [-0.25, -0.2) is 4.79 Å². The summed E-state index contributed by atoms with van der Waals surface area (Å²) < 4.78 is 0. The molecule has 2 N–H and O–H groups in total. The fraction of sp³-hybridized carbons (Fsp3) is 0.562. The summed E-state index contributed by atoms with van der Waals surface area (Å²) in [5.41, 5.74) is 0.197. The Morgan fingerprint density at radius 1 is 1.25 bits per heavy atom. The SMILES string of the molecule is CCC[C@@H]([C@H](O)c1ccccc1)N(C(=O)O)C(C)(C)C. The lowest BCUT2D eigenvalue weighted by Crippen LogP contribution is -2.53. The van der Waals surface area contributed by atoms with E-state index in [1.54, 1.807) is 0 Å². The zero-order valence-corrected chi connectivity index (χ0v) is 12.7. The van der Waals surface area contributed by atoms with E-state index < -0.39 is 23.8 Å². The van der Waals surface area contributed by atoms with Crippen LogP contribution in [0.5, 0.6) is 0 Å².